The second-order valence-electron chi connectivity index (χ2n) is 4.13. The van der Waals surface area contributed by atoms with E-state index in [-0.39, 0.29) is 11.3 Å². The zero-order valence-electron chi connectivity index (χ0n) is 10.1. The number of hydrogen-bond acceptors (Lipinski definition) is 1. The van der Waals surface area contributed by atoms with E-state index in [4.69, 9.17) is 16.3 Å². The van der Waals surface area contributed by atoms with E-state index in [0.717, 1.165) is 10.0 Å². The van der Waals surface area contributed by atoms with Gasteiger partial charge in [0, 0.05) is 16.0 Å². The molecule has 1 aromatic rings. The van der Waals surface area contributed by atoms with Crippen molar-refractivity contribution in [3.8, 4) is 0 Å². The topological polar surface area (TPSA) is 9.23 Å². The molecule has 0 bridgehead atoms. The Balaban J connectivity index is 2.23. The Bertz CT molecular complexity index is 519. The smallest absolute Gasteiger partial charge is 0.118 e. The summed E-state index contributed by atoms with van der Waals surface area (Å²) < 4.78 is 6.18. The number of halogens is 2. The molecule has 0 aliphatic heterocycles. The van der Waals surface area contributed by atoms with Gasteiger partial charge in [0.1, 0.15) is 5.76 Å². The predicted molar refractivity (Wildman–Crippen MR) is 79.9 cm³/mol. The first-order valence-corrected chi connectivity index (χ1v) is 6.87. The van der Waals surface area contributed by atoms with Crippen molar-refractivity contribution in [2.45, 2.75) is 11.3 Å². The SMILES string of the molecule is C=C(OC)C1=CC(Cl)C(c2cccc(Br)c2)C=C1. The van der Waals surface area contributed by atoms with Crippen molar-refractivity contribution in [3.05, 3.63) is 70.4 Å². The van der Waals surface area contributed by atoms with Gasteiger partial charge in [-0.1, -0.05) is 52.9 Å². The van der Waals surface area contributed by atoms with Crippen molar-refractivity contribution in [2.24, 2.45) is 0 Å². The number of ether oxygens (including phenoxy) is 1. The van der Waals surface area contributed by atoms with E-state index in [9.17, 15) is 0 Å². The molecule has 0 amide bonds. The second-order valence-corrected chi connectivity index (χ2v) is 5.55. The standard InChI is InChI=1S/C15H14BrClO/c1-10(18-2)11-6-7-14(15(17)9-11)12-4-3-5-13(16)8-12/h3-9,14-15H,1H2,2H3. The molecule has 0 fully saturated rings. The molecule has 1 aliphatic rings. The van der Waals surface area contributed by atoms with E-state index in [0.29, 0.717) is 5.76 Å². The zero-order chi connectivity index (χ0) is 13.1. The van der Waals surface area contributed by atoms with Crippen molar-refractivity contribution in [1.82, 2.24) is 0 Å². The maximum absolute atomic E-state index is 6.43. The van der Waals surface area contributed by atoms with Gasteiger partial charge in [-0.2, -0.15) is 0 Å². The van der Waals surface area contributed by atoms with Crippen LogP contribution in [-0.4, -0.2) is 12.5 Å². The lowest BCUT2D eigenvalue weighted by atomic mass is 9.89. The normalized spacial score (nSPS) is 22.5. The van der Waals surface area contributed by atoms with Gasteiger partial charge in [-0.25, -0.2) is 0 Å². The molecule has 0 spiro atoms. The van der Waals surface area contributed by atoms with Gasteiger partial charge in [-0.05, 0) is 17.7 Å². The first-order valence-electron chi connectivity index (χ1n) is 5.64. The van der Waals surface area contributed by atoms with Gasteiger partial charge >= 0.3 is 0 Å². The Morgan fingerprint density at radius 1 is 1.44 bits per heavy atom. The molecule has 1 aromatic carbocycles. The van der Waals surface area contributed by atoms with Crippen LogP contribution in [-0.2, 0) is 4.74 Å². The highest BCUT2D eigenvalue weighted by molar-refractivity contribution is 9.10. The first kappa shape index (κ1) is 13.4. The number of benzene rings is 1. The average molecular weight is 326 g/mol. The van der Waals surface area contributed by atoms with Gasteiger partial charge in [0.2, 0.25) is 0 Å². The fraction of sp³-hybridized carbons (Fsp3) is 0.200. The van der Waals surface area contributed by atoms with Gasteiger partial charge < -0.3 is 4.74 Å². The molecule has 0 heterocycles. The van der Waals surface area contributed by atoms with E-state index in [2.05, 4.69) is 40.7 Å². The van der Waals surface area contributed by atoms with Crippen LogP contribution in [0.4, 0.5) is 0 Å². The third-order valence-electron chi connectivity index (χ3n) is 2.97. The maximum Gasteiger partial charge on any atom is 0.118 e. The molecule has 2 rings (SSSR count). The Labute approximate surface area is 121 Å². The second kappa shape index (κ2) is 5.77. The van der Waals surface area contributed by atoms with Crippen LogP contribution in [0.5, 0.6) is 0 Å². The highest BCUT2D eigenvalue weighted by Crippen LogP contribution is 2.33. The van der Waals surface area contributed by atoms with E-state index >= 15 is 0 Å². The van der Waals surface area contributed by atoms with Gasteiger partial charge in [0.15, 0.2) is 0 Å². The summed E-state index contributed by atoms with van der Waals surface area (Å²) >= 11 is 9.90. The van der Waals surface area contributed by atoms with Gasteiger partial charge in [-0.3, -0.25) is 0 Å². The first-order chi connectivity index (χ1) is 8.61. The van der Waals surface area contributed by atoms with E-state index in [1.54, 1.807) is 7.11 Å². The van der Waals surface area contributed by atoms with Crippen molar-refractivity contribution in [3.63, 3.8) is 0 Å². The van der Waals surface area contributed by atoms with Crippen molar-refractivity contribution < 1.29 is 4.74 Å². The fourth-order valence-corrected chi connectivity index (χ4v) is 2.74. The van der Waals surface area contributed by atoms with Gasteiger partial charge in [-0.15, -0.1) is 11.6 Å². The maximum atomic E-state index is 6.43. The van der Waals surface area contributed by atoms with Crippen LogP contribution in [0, 0.1) is 0 Å². The number of hydrogen-bond donors (Lipinski definition) is 0. The van der Waals surface area contributed by atoms with Crippen LogP contribution in [0.3, 0.4) is 0 Å². The summed E-state index contributed by atoms with van der Waals surface area (Å²) in [5.41, 5.74) is 2.14. The Morgan fingerprint density at radius 3 is 2.83 bits per heavy atom. The minimum atomic E-state index is -0.0915. The molecule has 3 heteroatoms. The van der Waals surface area contributed by atoms with Crippen LogP contribution in [0.25, 0.3) is 0 Å². The van der Waals surface area contributed by atoms with Crippen LogP contribution in [0.1, 0.15) is 11.5 Å². The van der Waals surface area contributed by atoms with Crippen LogP contribution in [0.15, 0.2) is 64.9 Å². The van der Waals surface area contributed by atoms with Crippen molar-refractivity contribution in [1.29, 1.82) is 0 Å². The summed E-state index contributed by atoms with van der Waals surface area (Å²) in [6.07, 6.45) is 6.09. The summed E-state index contributed by atoms with van der Waals surface area (Å²) in [5.74, 6) is 0.821. The monoisotopic (exact) mass is 324 g/mol. The molecule has 2 atom stereocenters. The quantitative estimate of drug-likeness (QED) is 0.573. The molecule has 0 radical (unpaired) electrons. The molecule has 0 saturated carbocycles. The summed E-state index contributed by atoms with van der Waals surface area (Å²) in [6, 6.07) is 8.20. The Kier molecular flexibility index (Phi) is 4.31. The van der Waals surface area contributed by atoms with Crippen molar-refractivity contribution >= 4 is 27.5 Å². The summed E-state index contributed by atoms with van der Waals surface area (Å²) in [7, 11) is 1.61. The van der Waals surface area contributed by atoms with Gasteiger partial charge in [0.25, 0.3) is 0 Å². The van der Waals surface area contributed by atoms with E-state index in [1.165, 1.54) is 5.56 Å². The number of alkyl halides is 1. The lowest BCUT2D eigenvalue weighted by molar-refractivity contribution is 0.304. The molecule has 1 nitrogen and oxygen atoms in total. The zero-order valence-corrected chi connectivity index (χ0v) is 12.4. The van der Waals surface area contributed by atoms with Crippen LogP contribution >= 0.6 is 27.5 Å². The fourth-order valence-electron chi connectivity index (χ4n) is 1.96. The number of methoxy groups -OCH3 is 1. The number of rotatable bonds is 3. The summed E-state index contributed by atoms with van der Waals surface area (Å²) in [5, 5.41) is -0.0915. The third kappa shape index (κ3) is 2.88. The van der Waals surface area contributed by atoms with E-state index < -0.39 is 0 Å². The lowest BCUT2D eigenvalue weighted by Crippen LogP contribution is -2.13. The molecular formula is C15H14BrClO. The Morgan fingerprint density at radius 2 is 2.22 bits per heavy atom. The Hall–Kier alpha value is -0.990. The highest BCUT2D eigenvalue weighted by Gasteiger charge is 2.21. The molecule has 0 saturated heterocycles. The lowest BCUT2D eigenvalue weighted by Gasteiger charge is -2.22. The highest BCUT2D eigenvalue weighted by atomic mass is 79.9. The third-order valence-corrected chi connectivity index (χ3v) is 3.86. The predicted octanol–water partition coefficient (Wildman–Crippen LogP) is 4.80. The molecular weight excluding hydrogens is 312 g/mol. The van der Waals surface area contributed by atoms with Crippen LogP contribution < -0.4 is 0 Å². The number of allylic oxidation sites excluding steroid dienone is 3. The largest absolute Gasteiger partial charge is 0.497 e. The minimum Gasteiger partial charge on any atom is -0.497 e. The molecule has 2 unspecified atom stereocenters. The summed E-state index contributed by atoms with van der Waals surface area (Å²) in [4.78, 5) is 0. The minimum absolute atomic E-state index is 0.0915. The molecule has 1 aliphatic carbocycles. The molecule has 0 aromatic heterocycles. The molecule has 94 valence electrons. The summed E-state index contributed by atoms with van der Waals surface area (Å²) in [6.45, 7) is 3.84. The average Bonchev–Trinajstić information content (AvgIpc) is 2.37. The van der Waals surface area contributed by atoms with Gasteiger partial charge in [0.05, 0.1) is 12.5 Å². The van der Waals surface area contributed by atoms with Crippen molar-refractivity contribution in [2.75, 3.05) is 7.11 Å². The molecule has 18 heavy (non-hydrogen) atoms. The molecule has 0 N–H and O–H groups in total. The van der Waals surface area contributed by atoms with Crippen LogP contribution in [0.2, 0.25) is 0 Å². The van der Waals surface area contributed by atoms with E-state index in [1.807, 2.05) is 24.3 Å².